The molecular formula is C21H23N3O4. The molecule has 2 heterocycles. The minimum Gasteiger partial charge on any atom is -0.459 e. The Morgan fingerprint density at radius 2 is 2.04 bits per heavy atom. The van der Waals surface area contributed by atoms with Gasteiger partial charge in [-0.3, -0.25) is 14.4 Å². The van der Waals surface area contributed by atoms with Crippen molar-refractivity contribution in [2.24, 2.45) is 5.92 Å². The lowest BCUT2D eigenvalue weighted by Gasteiger charge is -2.16. The van der Waals surface area contributed by atoms with Crippen LogP contribution in [0.15, 0.2) is 41.0 Å². The van der Waals surface area contributed by atoms with Crippen molar-refractivity contribution in [3.8, 4) is 0 Å². The van der Waals surface area contributed by atoms with Crippen LogP contribution in [-0.4, -0.2) is 41.8 Å². The highest BCUT2D eigenvalue weighted by Crippen LogP contribution is 2.32. The van der Waals surface area contributed by atoms with Crippen LogP contribution in [-0.2, 0) is 4.79 Å². The fraction of sp³-hybridized carbons (Fsp3) is 0.381. The van der Waals surface area contributed by atoms with Crippen LogP contribution in [0, 0.1) is 12.8 Å². The summed E-state index contributed by atoms with van der Waals surface area (Å²) in [7, 11) is 0. The second kappa shape index (κ2) is 7.50. The van der Waals surface area contributed by atoms with Gasteiger partial charge in [0.1, 0.15) is 0 Å². The molecule has 0 radical (unpaired) electrons. The van der Waals surface area contributed by atoms with Crippen molar-refractivity contribution in [2.75, 3.05) is 18.4 Å². The lowest BCUT2D eigenvalue weighted by atomic mass is 10.1. The zero-order chi connectivity index (χ0) is 19.7. The number of nitrogens with zero attached hydrogens (tertiary/aromatic N) is 1. The van der Waals surface area contributed by atoms with Crippen molar-refractivity contribution in [3.05, 3.63) is 53.5 Å². The molecule has 1 atom stereocenters. The molecule has 0 bridgehead atoms. The van der Waals surface area contributed by atoms with E-state index in [0.29, 0.717) is 30.3 Å². The van der Waals surface area contributed by atoms with Crippen LogP contribution in [0.1, 0.15) is 45.7 Å². The largest absolute Gasteiger partial charge is 0.459 e. The standard InChI is InChI=1S/C21H23N3O4/c1-13-9-15(4-7-17(13)23-21(27)18-3-2-8-28-18)20(26)22-11-14-10-19(25)24(12-14)16-5-6-16/h2-4,7-9,14,16H,5-6,10-12H2,1H3,(H,22,26)(H,23,27). The van der Waals surface area contributed by atoms with Crippen molar-refractivity contribution in [2.45, 2.75) is 32.2 Å². The Labute approximate surface area is 163 Å². The highest BCUT2D eigenvalue weighted by molar-refractivity contribution is 6.03. The topological polar surface area (TPSA) is 91.7 Å². The molecule has 3 amide bonds. The van der Waals surface area contributed by atoms with Crippen LogP contribution >= 0.6 is 0 Å². The monoisotopic (exact) mass is 381 g/mol. The number of furan rings is 1. The summed E-state index contributed by atoms with van der Waals surface area (Å²) >= 11 is 0. The van der Waals surface area contributed by atoms with Crippen molar-refractivity contribution in [1.29, 1.82) is 0 Å². The normalized spacial score (nSPS) is 19.0. The average Bonchev–Trinajstić information content (AvgIpc) is 3.22. The summed E-state index contributed by atoms with van der Waals surface area (Å²) < 4.78 is 5.08. The summed E-state index contributed by atoms with van der Waals surface area (Å²) in [6.45, 7) is 3.06. The van der Waals surface area contributed by atoms with Crippen molar-refractivity contribution < 1.29 is 18.8 Å². The smallest absolute Gasteiger partial charge is 0.291 e. The predicted molar refractivity (Wildman–Crippen MR) is 103 cm³/mol. The van der Waals surface area contributed by atoms with E-state index in [1.807, 2.05) is 11.8 Å². The third-order valence-electron chi connectivity index (χ3n) is 5.26. The van der Waals surface area contributed by atoms with Gasteiger partial charge < -0.3 is 20.0 Å². The van der Waals surface area contributed by atoms with Crippen molar-refractivity contribution in [1.82, 2.24) is 10.2 Å². The number of carbonyl (C=O) groups excluding carboxylic acids is 3. The maximum absolute atomic E-state index is 12.5. The van der Waals surface area contributed by atoms with Gasteiger partial charge in [0, 0.05) is 42.7 Å². The first kappa shape index (κ1) is 18.3. The average molecular weight is 381 g/mol. The number of carbonyl (C=O) groups is 3. The molecule has 2 aromatic rings. The van der Waals surface area contributed by atoms with E-state index < -0.39 is 0 Å². The van der Waals surface area contributed by atoms with Gasteiger partial charge in [0.25, 0.3) is 11.8 Å². The van der Waals surface area contributed by atoms with E-state index in [9.17, 15) is 14.4 Å². The first-order valence-electron chi connectivity index (χ1n) is 9.54. The van der Waals surface area contributed by atoms with E-state index in [-0.39, 0.29) is 29.4 Å². The summed E-state index contributed by atoms with van der Waals surface area (Å²) in [4.78, 5) is 38.5. The van der Waals surface area contributed by atoms with E-state index in [1.165, 1.54) is 6.26 Å². The van der Waals surface area contributed by atoms with Crippen molar-refractivity contribution >= 4 is 23.4 Å². The first-order chi connectivity index (χ1) is 13.5. The number of hydrogen-bond donors (Lipinski definition) is 2. The Morgan fingerprint density at radius 3 is 2.71 bits per heavy atom. The molecule has 2 N–H and O–H groups in total. The zero-order valence-electron chi connectivity index (χ0n) is 15.7. The van der Waals surface area contributed by atoms with Gasteiger partial charge in [-0.05, 0) is 55.7 Å². The molecular weight excluding hydrogens is 358 g/mol. The molecule has 1 aromatic carbocycles. The van der Waals surface area contributed by atoms with Gasteiger partial charge in [0.05, 0.1) is 6.26 Å². The van der Waals surface area contributed by atoms with Gasteiger partial charge in [0.2, 0.25) is 5.91 Å². The van der Waals surface area contributed by atoms with Crippen LogP contribution in [0.2, 0.25) is 0 Å². The Bertz CT molecular complexity index is 902. The molecule has 0 spiro atoms. The molecule has 1 saturated heterocycles. The van der Waals surface area contributed by atoms with Gasteiger partial charge >= 0.3 is 0 Å². The quantitative estimate of drug-likeness (QED) is 0.805. The van der Waals surface area contributed by atoms with Gasteiger partial charge in [-0.25, -0.2) is 0 Å². The maximum atomic E-state index is 12.5. The summed E-state index contributed by atoms with van der Waals surface area (Å²) in [5.74, 6) is 0.0903. The van der Waals surface area contributed by atoms with Crippen LogP contribution in [0.3, 0.4) is 0 Å². The number of hydrogen-bond acceptors (Lipinski definition) is 4. The summed E-state index contributed by atoms with van der Waals surface area (Å²) in [6, 6.07) is 8.79. The SMILES string of the molecule is Cc1cc(C(=O)NCC2CC(=O)N(C3CC3)C2)ccc1NC(=O)c1ccco1. The zero-order valence-corrected chi connectivity index (χ0v) is 15.7. The molecule has 7 heteroatoms. The Morgan fingerprint density at radius 1 is 1.21 bits per heavy atom. The van der Waals surface area contributed by atoms with Gasteiger partial charge in [0.15, 0.2) is 5.76 Å². The molecule has 1 aliphatic heterocycles. The van der Waals surface area contributed by atoms with Crippen LogP contribution in [0.5, 0.6) is 0 Å². The Kier molecular flexibility index (Phi) is 4.90. The summed E-state index contributed by atoms with van der Waals surface area (Å²) in [6.07, 6.45) is 4.16. The lowest BCUT2D eigenvalue weighted by molar-refractivity contribution is -0.128. The fourth-order valence-electron chi connectivity index (χ4n) is 3.56. The highest BCUT2D eigenvalue weighted by atomic mass is 16.3. The molecule has 1 unspecified atom stereocenters. The van der Waals surface area contributed by atoms with E-state index in [1.54, 1.807) is 30.3 Å². The second-order valence-corrected chi connectivity index (χ2v) is 7.52. The Hall–Kier alpha value is -3.09. The number of amides is 3. The van der Waals surface area contributed by atoms with Gasteiger partial charge in [-0.1, -0.05) is 0 Å². The summed E-state index contributed by atoms with van der Waals surface area (Å²) in [5, 5.41) is 5.71. The first-order valence-corrected chi connectivity index (χ1v) is 9.54. The van der Waals surface area contributed by atoms with Gasteiger partial charge in [-0.15, -0.1) is 0 Å². The molecule has 1 aliphatic carbocycles. The molecule has 1 aromatic heterocycles. The number of benzene rings is 1. The van der Waals surface area contributed by atoms with Crippen LogP contribution in [0.4, 0.5) is 5.69 Å². The molecule has 28 heavy (non-hydrogen) atoms. The van der Waals surface area contributed by atoms with E-state index in [4.69, 9.17) is 4.42 Å². The second-order valence-electron chi connectivity index (χ2n) is 7.52. The molecule has 2 fully saturated rings. The highest BCUT2D eigenvalue weighted by Gasteiger charge is 2.39. The third kappa shape index (κ3) is 3.93. The lowest BCUT2D eigenvalue weighted by Crippen LogP contribution is -2.32. The third-order valence-corrected chi connectivity index (χ3v) is 5.26. The maximum Gasteiger partial charge on any atom is 0.291 e. The molecule has 146 valence electrons. The van der Waals surface area contributed by atoms with Crippen molar-refractivity contribution in [3.63, 3.8) is 0 Å². The molecule has 4 rings (SSSR count). The fourth-order valence-corrected chi connectivity index (χ4v) is 3.56. The minimum atomic E-state index is -0.337. The molecule has 1 saturated carbocycles. The number of rotatable bonds is 6. The predicted octanol–water partition coefficient (Wildman–Crippen LogP) is 2.58. The molecule has 7 nitrogen and oxygen atoms in total. The number of likely N-dealkylation sites (tertiary alicyclic amines) is 1. The molecule has 2 aliphatic rings. The number of nitrogens with one attached hydrogen (secondary N) is 2. The van der Waals surface area contributed by atoms with E-state index >= 15 is 0 Å². The van der Waals surface area contributed by atoms with E-state index in [2.05, 4.69) is 10.6 Å². The number of aryl methyl sites for hydroxylation is 1. The summed E-state index contributed by atoms with van der Waals surface area (Å²) in [5.41, 5.74) is 1.93. The van der Waals surface area contributed by atoms with Crippen LogP contribution < -0.4 is 10.6 Å². The number of anilines is 1. The Balaban J connectivity index is 1.32. The minimum absolute atomic E-state index is 0.171. The van der Waals surface area contributed by atoms with E-state index in [0.717, 1.165) is 24.9 Å². The van der Waals surface area contributed by atoms with Gasteiger partial charge in [-0.2, -0.15) is 0 Å². The van der Waals surface area contributed by atoms with Crippen LogP contribution in [0.25, 0.3) is 0 Å².